The molecule has 1 aliphatic heterocycles. The zero-order valence-corrected chi connectivity index (χ0v) is 12.2. The van der Waals surface area contributed by atoms with E-state index in [4.69, 9.17) is 0 Å². The number of hydrogen-bond acceptors (Lipinski definition) is 6. The van der Waals surface area contributed by atoms with Crippen LogP contribution in [0.4, 0.5) is 5.82 Å². The first-order valence-electron chi connectivity index (χ1n) is 7.01. The monoisotopic (exact) mass is 289 g/mol. The number of aromatic amines is 1. The van der Waals surface area contributed by atoms with Crippen molar-refractivity contribution in [2.75, 3.05) is 38.1 Å². The summed E-state index contributed by atoms with van der Waals surface area (Å²) in [6.45, 7) is 4.71. The lowest BCUT2D eigenvalue weighted by molar-refractivity contribution is -0.130. The van der Waals surface area contributed by atoms with Crippen LogP contribution in [0, 0.1) is 0 Å². The summed E-state index contributed by atoms with van der Waals surface area (Å²) in [5.41, 5.74) is 1.36. The van der Waals surface area contributed by atoms with Crippen molar-refractivity contribution in [1.29, 1.82) is 0 Å². The van der Waals surface area contributed by atoms with Gasteiger partial charge in [0.2, 0.25) is 5.91 Å². The highest BCUT2D eigenvalue weighted by atomic mass is 16.2. The summed E-state index contributed by atoms with van der Waals surface area (Å²) in [5.74, 6) is 0.797. The molecule has 21 heavy (non-hydrogen) atoms. The quantitative estimate of drug-likeness (QED) is 0.800. The summed E-state index contributed by atoms with van der Waals surface area (Å²) >= 11 is 0. The van der Waals surface area contributed by atoms with Gasteiger partial charge in [0.1, 0.15) is 11.8 Å². The summed E-state index contributed by atoms with van der Waals surface area (Å²) in [4.78, 5) is 31.6. The number of nitrogens with zero attached hydrogens (tertiary/aromatic N) is 5. The third-order valence-corrected chi connectivity index (χ3v) is 3.66. The molecule has 1 aliphatic rings. The molecular formula is C13H19N7O. The highest BCUT2D eigenvalue weighted by molar-refractivity contribution is 5.87. The van der Waals surface area contributed by atoms with E-state index in [1.54, 1.807) is 6.33 Å². The number of carbonyl (C=O) groups is 1. The van der Waals surface area contributed by atoms with Crippen LogP contribution in [-0.4, -0.2) is 70.0 Å². The first-order chi connectivity index (χ1) is 10.1. The van der Waals surface area contributed by atoms with Crippen LogP contribution in [0.1, 0.15) is 6.92 Å². The largest absolute Gasteiger partial charge is 0.348 e. The maximum absolute atomic E-state index is 12.4. The van der Waals surface area contributed by atoms with Gasteiger partial charge in [0.05, 0.1) is 12.9 Å². The van der Waals surface area contributed by atoms with E-state index in [9.17, 15) is 4.79 Å². The van der Waals surface area contributed by atoms with Gasteiger partial charge in [-0.1, -0.05) is 0 Å². The van der Waals surface area contributed by atoms with E-state index in [0.717, 1.165) is 25.2 Å². The van der Waals surface area contributed by atoms with E-state index in [-0.39, 0.29) is 12.5 Å². The smallest absolute Gasteiger partial charge is 0.242 e. The molecule has 1 amide bonds. The second-order valence-corrected chi connectivity index (χ2v) is 5.35. The number of hydrogen-bond donors (Lipinski definition) is 2. The first-order valence-corrected chi connectivity index (χ1v) is 7.01. The average Bonchev–Trinajstić information content (AvgIpc) is 2.95. The van der Waals surface area contributed by atoms with Gasteiger partial charge in [-0.25, -0.2) is 15.0 Å². The lowest BCUT2D eigenvalue weighted by atomic mass is 10.2. The number of aromatic nitrogens is 4. The average molecular weight is 289 g/mol. The fourth-order valence-corrected chi connectivity index (χ4v) is 2.58. The number of amides is 1. The van der Waals surface area contributed by atoms with Crippen LogP contribution in [0.15, 0.2) is 12.7 Å². The highest BCUT2D eigenvalue weighted by Gasteiger charge is 2.22. The summed E-state index contributed by atoms with van der Waals surface area (Å²) in [7, 11) is 1.85. The highest BCUT2D eigenvalue weighted by Crippen LogP contribution is 2.18. The van der Waals surface area contributed by atoms with Gasteiger partial charge in [-0.2, -0.15) is 0 Å². The van der Waals surface area contributed by atoms with Crippen LogP contribution in [0.25, 0.3) is 11.2 Å². The molecule has 8 heteroatoms. The second-order valence-electron chi connectivity index (χ2n) is 5.35. The van der Waals surface area contributed by atoms with E-state index in [1.807, 2.05) is 16.8 Å². The van der Waals surface area contributed by atoms with Crippen LogP contribution >= 0.6 is 0 Å². The van der Waals surface area contributed by atoms with Gasteiger partial charge >= 0.3 is 0 Å². The molecule has 2 aromatic rings. The van der Waals surface area contributed by atoms with Crippen molar-refractivity contribution in [2.45, 2.75) is 13.0 Å². The van der Waals surface area contributed by atoms with Crippen LogP contribution < -0.4 is 10.2 Å². The number of anilines is 1. The van der Waals surface area contributed by atoms with Gasteiger partial charge < -0.3 is 20.1 Å². The molecule has 2 aromatic heterocycles. The third kappa shape index (κ3) is 2.80. The molecule has 112 valence electrons. The third-order valence-electron chi connectivity index (χ3n) is 3.66. The minimum Gasteiger partial charge on any atom is -0.348 e. The Morgan fingerprint density at radius 1 is 1.48 bits per heavy atom. The molecule has 0 aromatic carbocycles. The topological polar surface area (TPSA) is 90.0 Å². The summed E-state index contributed by atoms with van der Waals surface area (Å²) < 4.78 is 0. The predicted octanol–water partition coefficient (Wildman–Crippen LogP) is -0.391. The summed E-state index contributed by atoms with van der Waals surface area (Å²) in [5, 5.41) is 3.33. The zero-order valence-electron chi connectivity index (χ0n) is 12.2. The molecule has 3 rings (SSSR count). The van der Waals surface area contributed by atoms with E-state index < -0.39 is 0 Å². The Kier molecular flexibility index (Phi) is 3.70. The number of fused-ring (bicyclic) bond motifs is 1. The molecule has 0 saturated carbocycles. The van der Waals surface area contributed by atoms with Gasteiger partial charge in [0, 0.05) is 32.7 Å². The number of piperazine rings is 1. The molecule has 0 bridgehead atoms. The second kappa shape index (κ2) is 5.65. The van der Waals surface area contributed by atoms with Gasteiger partial charge in [-0.15, -0.1) is 0 Å². The summed E-state index contributed by atoms with van der Waals surface area (Å²) in [6, 6.07) is 0.339. The standard InChI is InChI=1S/C13H19N7O/c1-9-5-20(4-3-14-9)10(21)6-19(2)13-11-12(16-7-15-11)17-8-18-13/h7-9,14H,3-6H2,1-2H3,(H,15,16,17,18). The molecule has 1 atom stereocenters. The Balaban J connectivity index is 1.72. The fraction of sp³-hybridized carbons (Fsp3) is 0.538. The molecule has 0 aliphatic carbocycles. The first kappa shape index (κ1) is 13.7. The van der Waals surface area contributed by atoms with Gasteiger partial charge in [0.15, 0.2) is 11.5 Å². The summed E-state index contributed by atoms with van der Waals surface area (Å²) in [6.07, 6.45) is 3.04. The number of likely N-dealkylation sites (N-methyl/N-ethyl adjacent to an activating group) is 1. The van der Waals surface area contributed by atoms with Gasteiger partial charge in [-0.05, 0) is 6.92 Å². The van der Waals surface area contributed by atoms with Gasteiger partial charge in [0.25, 0.3) is 0 Å². The van der Waals surface area contributed by atoms with Crippen LogP contribution in [0.2, 0.25) is 0 Å². The van der Waals surface area contributed by atoms with E-state index >= 15 is 0 Å². The normalized spacial score (nSPS) is 19.0. The number of carbonyl (C=O) groups excluding carboxylic acids is 1. The number of rotatable bonds is 3. The Labute approximate surface area is 122 Å². The van der Waals surface area contributed by atoms with Crippen molar-refractivity contribution in [1.82, 2.24) is 30.2 Å². The Morgan fingerprint density at radius 3 is 3.14 bits per heavy atom. The Bertz CT molecular complexity index is 640. The maximum atomic E-state index is 12.4. The van der Waals surface area contributed by atoms with Crippen molar-refractivity contribution < 1.29 is 4.79 Å². The zero-order chi connectivity index (χ0) is 14.8. The van der Waals surface area contributed by atoms with Crippen molar-refractivity contribution in [3.8, 4) is 0 Å². The Hall–Kier alpha value is -2.22. The van der Waals surface area contributed by atoms with Crippen molar-refractivity contribution in [3.05, 3.63) is 12.7 Å². The van der Waals surface area contributed by atoms with Crippen LogP contribution in [0.3, 0.4) is 0 Å². The van der Waals surface area contributed by atoms with Crippen molar-refractivity contribution in [3.63, 3.8) is 0 Å². The van der Waals surface area contributed by atoms with Crippen LogP contribution in [0.5, 0.6) is 0 Å². The molecule has 0 radical (unpaired) electrons. The fourth-order valence-electron chi connectivity index (χ4n) is 2.58. The lowest BCUT2D eigenvalue weighted by Crippen LogP contribution is -2.53. The molecule has 0 spiro atoms. The van der Waals surface area contributed by atoms with Gasteiger partial charge in [-0.3, -0.25) is 4.79 Å². The minimum absolute atomic E-state index is 0.108. The SMILES string of the molecule is CC1CN(C(=O)CN(C)c2ncnc3nc[nH]c23)CCN1. The Morgan fingerprint density at radius 2 is 2.33 bits per heavy atom. The minimum atomic E-state index is 0.108. The van der Waals surface area contributed by atoms with Crippen LogP contribution in [-0.2, 0) is 4.79 Å². The van der Waals surface area contributed by atoms with Crippen molar-refractivity contribution >= 4 is 22.9 Å². The van der Waals surface area contributed by atoms with E-state index in [0.29, 0.717) is 17.5 Å². The number of nitrogens with one attached hydrogen (secondary N) is 2. The van der Waals surface area contributed by atoms with Crippen molar-refractivity contribution in [2.24, 2.45) is 0 Å². The van der Waals surface area contributed by atoms with E-state index in [2.05, 4.69) is 32.2 Å². The lowest BCUT2D eigenvalue weighted by Gasteiger charge is -2.33. The number of imidazole rings is 1. The molecule has 1 fully saturated rings. The molecule has 8 nitrogen and oxygen atoms in total. The molecule has 3 heterocycles. The number of H-pyrrole nitrogens is 1. The molecule has 2 N–H and O–H groups in total. The molecule has 1 saturated heterocycles. The van der Waals surface area contributed by atoms with E-state index in [1.165, 1.54) is 6.33 Å². The maximum Gasteiger partial charge on any atom is 0.242 e. The molecular weight excluding hydrogens is 270 g/mol. The predicted molar refractivity (Wildman–Crippen MR) is 79.0 cm³/mol. The molecule has 1 unspecified atom stereocenters.